The van der Waals surface area contributed by atoms with Crippen molar-refractivity contribution in [3.8, 4) is 0 Å². The standard InChI is InChI=1S/C10H12ClN/c11-10-6-5-9(7-12-10)8-3-1-2-4-8/h5-8H,1-4H2. The van der Waals surface area contributed by atoms with Crippen LogP contribution in [0.25, 0.3) is 0 Å². The third-order valence-corrected chi connectivity index (χ3v) is 2.80. The molecule has 0 saturated heterocycles. The monoisotopic (exact) mass is 181 g/mol. The molecule has 1 aliphatic carbocycles. The van der Waals surface area contributed by atoms with Gasteiger partial charge in [-0.25, -0.2) is 4.98 Å². The Bertz CT molecular complexity index is 249. The summed E-state index contributed by atoms with van der Waals surface area (Å²) in [5, 5.41) is 0.594. The van der Waals surface area contributed by atoms with Crippen LogP contribution < -0.4 is 0 Å². The zero-order valence-electron chi connectivity index (χ0n) is 6.96. The number of rotatable bonds is 1. The highest BCUT2D eigenvalue weighted by Crippen LogP contribution is 2.33. The van der Waals surface area contributed by atoms with Gasteiger partial charge in [0.25, 0.3) is 0 Å². The molecule has 0 radical (unpaired) electrons. The molecule has 64 valence electrons. The molecule has 1 aliphatic rings. The van der Waals surface area contributed by atoms with Gasteiger partial charge < -0.3 is 0 Å². The Kier molecular flexibility index (Phi) is 2.31. The smallest absolute Gasteiger partial charge is 0.129 e. The SMILES string of the molecule is Clc1ccc(C2CCCC2)cn1. The first-order valence-corrected chi connectivity index (χ1v) is 4.85. The van der Waals surface area contributed by atoms with E-state index in [1.807, 2.05) is 12.3 Å². The maximum atomic E-state index is 5.71. The molecule has 1 nitrogen and oxygen atoms in total. The first kappa shape index (κ1) is 8.06. The van der Waals surface area contributed by atoms with Crippen LogP contribution in [0.4, 0.5) is 0 Å². The maximum absolute atomic E-state index is 5.71. The van der Waals surface area contributed by atoms with Crippen molar-refractivity contribution in [1.82, 2.24) is 4.98 Å². The third-order valence-electron chi connectivity index (χ3n) is 2.58. The van der Waals surface area contributed by atoms with Crippen LogP contribution in [0.5, 0.6) is 0 Å². The fourth-order valence-electron chi connectivity index (χ4n) is 1.89. The van der Waals surface area contributed by atoms with Crippen LogP contribution in [-0.4, -0.2) is 4.98 Å². The van der Waals surface area contributed by atoms with E-state index in [1.54, 1.807) is 0 Å². The summed E-state index contributed by atoms with van der Waals surface area (Å²) >= 11 is 5.71. The molecule has 0 atom stereocenters. The summed E-state index contributed by atoms with van der Waals surface area (Å²) in [4.78, 5) is 4.09. The number of nitrogens with zero attached hydrogens (tertiary/aromatic N) is 1. The normalized spacial score (nSPS) is 18.4. The number of pyridine rings is 1. The molecule has 12 heavy (non-hydrogen) atoms. The molecular weight excluding hydrogens is 170 g/mol. The quantitative estimate of drug-likeness (QED) is 0.606. The Morgan fingerprint density at radius 3 is 2.58 bits per heavy atom. The molecule has 1 aromatic rings. The lowest BCUT2D eigenvalue weighted by Crippen LogP contribution is -1.92. The van der Waals surface area contributed by atoms with Crippen molar-refractivity contribution in [2.45, 2.75) is 31.6 Å². The maximum Gasteiger partial charge on any atom is 0.129 e. The lowest BCUT2D eigenvalue weighted by atomic mass is 10.00. The summed E-state index contributed by atoms with van der Waals surface area (Å²) in [6, 6.07) is 3.99. The van der Waals surface area contributed by atoms with E-state index in [4.69, 9.17) is 11.6 Å². The minimum atomic E-state index is 0.594. The molecule has 2 heteroatoms. The Balaban J connectivity index is 2.17. The van der Waals surface area contributed by atoms with Crippen LogP contribution in [0.2, 0.25) is 5.15 Å². The van der Waals surface area contributed by atoms with E-state index in [2.05, 4.69) is 11.1 Å². The molecule has 1 fully saturated rings. The molecule has 0 aliphatic heterocycles. The molecule has 0 aromatic carbocycles. The Labute approximate surface area is 77.8 Å². The van der Waals surface area contributed by atoms with E-state index >= 15 is 0 Å². The van der Waals surface area contributed by atoms with Gasteiger partial charge in [-0.15, -0.1) is 0 Å². The minimum Gasteiger partial charge on any atom is -0.244 e. The van der Waals surface area contributed by atoms with Gasteiger partial charge in [0, 0.05) is 6.20 Å². The van der Waals surface area contributed by atoms with Gasteiger partial charge in [0.15, 0.2) is 0 Å². The van der Waals surface area contributed by atoms with E-state index in [0.717, 1.165) is 5.92 Å². The van der Waals surface area contributed by atoms with E-state index in [1.165, 1.54) is 31.2 Å². The Morgan fingerprint density at radius 1 is 1.25 bits per heavy atom. The van der Waals surface area contributed by atoms with Crippen molar-refractivity contribution in [2.24, 2.45) is 0 Å². The molecule has 0 bridgehead atoms. The van der Waals surface area contributed by atoms with Crippen LogP contribution in [0.3, 0.4) is 0 Å². The summed E-state index contributed by atoms with van der Waals surface area (Å²) < 4.78 is 0. The van der Waals surface area contributed by atoms with Crippen molar-refractivity contribution in [1.29, 1.82) is 0 Å². The van der Waals surface area contributed by atoms with Gasteiger partial charge in [-0.2, -0.15) is 0 Å². The van der Waals surface area contributed by atoms with E-state index in [0.29, 0.717) is 5.15 Å². The molecular formula is C10H12ClN. The van der Waals surface area contributed by atoms with Crippen LogP contribution in [-0.2, 0) is 0 Å². The van der Waals surface area contributed by atoms with Gasteiger partial charge in [-0.3, -0.25) is 0 Å². The summed E-state index contributed by atoms with van der Waals surface area (Å²) in [6.45, 7) is 0. The molecule has 0 spiro atoms. The van der Waals surface area contributed by atoms with Gasteiger partial charge >= 0.3 is 0 Å². The molecule has 0 N–H and O–H groups in total. The van der Waals surface area contributed by atoms with Gasteiger partial charge in [0.05, 0.1) is 0 Å². The van der Waals surface area contributed by atoms with Crippen LogP contribution >= 0.6 is 11.6 Å². The molecule has 1 heterocycles. The van der Waals surface area contributed by atoms with Crippen LogP contribution in [0, 0.1) is 0 Å². The molecule has 2 rings (SSSR count). The fourth-order valence-corrected chi connectivity index (χ4v) is 2.00. The zero-order chi connectivity index (χ0) is 8.39. The lowest BCUT2D eigenvalue weighted by molar-refractivity contribution is 0.719. The summed E-state index contributed by atoms with van der Waals surface area (Å²) in [5.41, 5.74) is 1.36. The van der Waals surface area contributed by atoms with E-state index in [-0.39, 0.29) is 0 Å². The van der Waals surface area contributed by atoms with Gasteiger partial charge in [0.2, 0.25) is 0 Å². The molecule has 1 aromatic heterocycles. The lowest BCUT2D eigenvalue weighted by Gasteiger charge is -2.07. The van der Waals surface area contributed by atoms with Crippen LogP contribution in [0.1, 0.15) is 37.2 Å². The van der Waals surface area contributed by atoms with Gasteiger partial charge in [-0.1, -0.05) is 30.5 Å². The number of halogens is 1. The van der Waals surface area contributed by atoms with Gasteiger partial charge in [-0.05, 0) is 30.4 Å². The number of hydrogen-bond donors (Lipinski definition) is 0. The fraction of sp³-hybridized carbons (Fsp3) is 0.500. The summed E-state index contributed by atoms with van der Waals surface area (Å²) in [7, 11) is 0. The highest BCUT2D eigenvalue weighted by molar-refractivity contribution is 6.29. The second-order valence-corrected chi connectivity index (χ2v) is 3.78. The largest absolute Gasteiger partial charge is 0.244 e. The zero-order valence-corrected chi connectivity index (χ0v) is 7.72. The van der Waals surface area contributed by atoms with Crippen molar-refractivity contribution in [2.75, 3.05) is 0 Å². The second kappa shape index (κ2) is 3.44. The van der Waals surface area contributed by atoms with Crippen molar-refractivity contribution >= 4 is 11.6 Å². The summed E-state index contributed by atoms with van der Waals surface area (Å²) in [5.74, 6) is 0.745. The molecule has 0 amide bonds. The predicted octanol–water partition coefficient (Wildman–Crippen LogP) is 3.39. The van der Waals surface area contributed by atoms with Gasteiger partial charge in [0.1, 0.15) is 5.15 Å². The number of aromatic nitrogens is 1. The minimum absolute atomic E-state index is 0.594. The molecule has 1 saturated carbocycles. The second-order valence-electron chi connectivity index (χ2n) is 3.40. The highest BCUT2D eigenvalue weighted by Gasteiger charge is 2.16. The Morgan fingerprint density at radius 2 is 2.00 bits per heavy atom. The van der Waals surface area contributed by atoms with Crippen molar-refractivity contribution < 1.29 is 0 Å². The average molecular weight is 182 g/mol. The van der Waals surface area contributed by atoms with E-state index < -0.39 is 0 Å². The Hall–Kier alpha value is -0.560. The average Bonchev–Trinajstić information content (AvgIpc) is 2.58. The van der Waals surface area contributed by atoms with E-state index in [9.17, 15) is 0 Å². The summed E-state index contributed by atoms with van der Waals surface area (Å²) in [6.07, 6.45) is 7.30. The van der Waals surface area contributed by atoms with Crippen molar-refractivity contribution in [3.63, 3.8) is 0 Å². The third kappa shape index (κ3) is 1.61. The predicted molar refractivity (Wildman–Crippen MR) is 50.5 cm³/mol. The number of hydrogen-bond acceptors (Lipinski definition) is 1. The topological polar surface area (TPSA) is 12.9 Å². The van der Waals surface area contributed by atoms with Crippen molar-refractivity contribution in [3.05, 3.63) is 29.0 Å². The molecule has 0 unspecified atom stereocenters. The van der Waals surface area contributed by atoms with Crippen LogP contribution in [0.15, 0.2) is 18.3 Å². The first-order chi connectivity index (χ1) is 5.86. The first-order valence-electron chi connectivity index (χ1n) is 4.48. The highest BCUT2D eigenvalue weighted by atomic mass is 35.5.